The topological polar surface area (TPSA) is 82.2 Å². The molecule has 1 saturated heterocycles. The number of thiophene rings is 1. The minimum atomic E-state index is -0.812. The molecule has 0 radical (unpaired) electrons. The van der Waals surface area contributed by atoms with Gasteiger partial charge in [-0.15, -0.1) is 11.3 Å². The van der Waals surface area contributed by atoms with Crippen LogP contribution in [-0.2, 0) is 9.53 Å². The SMILES string of the molecule is CCOC(=O)C1=C(CN2CCN(C(=O)c3cccs3)C(C)C2)N(C)C(=O)NC1c1cccc(Cl)c1Cl. The summed E-state index contributed by atoms with van der Waals surface area (Å²) in [7, 11) is 1.62. The van der Waals surface area contributed by atoms with E-state index in [0.29, 0.717) is 52.9 Å². The van der Waals surface area contributed by atoms with Crippen LogP contribution in [0.1, 0.15) is 35.1 Å². The summed E-state index contributed by atoms with van der Waals surface area (Å²) in [6.45, 7) is 5.98. The Kier molecular flexibility index (Phi) is 8.24. The number of hydrogen-bond donors (Lipinski definition) is 1. The number of rotatable bonds is 6. The number of ether oxygens (including phenoxy) is 1. The van der Waals surface area contributed by atoms with Crippen molar-refractivity contribution in [3.63, 3.8) is 0 Å². The highest BCUT2D eigenvalue weighted by Gasteiger charge is 2.39. The van der Waals surface area contributed by atoms with Crippen LogP contribution >= 0.6 is 34.5 Å². The highest BCUT2D eigenvalue weighted by atomic mass is 35.5. The highest BCUT2D eigenvalue weighted by Crippen LogP contribution is 2.37. The third-order valence-corrected chi connectivity index (χ3v) is 8.13. The van der Waals surface area contributed by atoms with Gasteiger partial charge in [0, 0.05) is 45.0 Å². The molecule has 2 atom stereocenters. The van der Waals surface area contributed by atoms with E-state index in [2.05, 4.69) is 10.2 Å². The number of esters is 1. The summed E-state index contributed by atoms with van der Waals surface area (Å²) >= 11 is 14.2. The molecule has 3 heterocycles. The van der Waals surface area contributed by atoms with Crippen LogP contribution in [-0.4, -0.2) is 78.5 Å². The smallest absolute Gasteiger partial charge is 0.338 e. The van der Waals surface area contributed by atoms with E-state index >= 15 is 0 Å². The first-order chi connectivity index (χ1) is 17.2. The summed E-state index contributed by atoms with van der Waals surface area (Å²) in [5.41, 5.74) is 1.36. The van der Waals surface area contributed by atoms with Gasteiger partial charge in [0.25, 0.3) is 5.91 Å². The summed E-state index contributed by atoms with van der Waals surface area (Å²) in [6, 6.07) is 7.60. The van der Waals surface area contributed by atoms with Gasteiger partial charge in [-0.1, -0.05) is 41.4 Å². The van der Waals surface area contributed by atoms with Crippen molar-refractivity contribution >= 4 is 52.4 Å². The molecule has 1 N–H and O–H groups in total. The molecule has 8 nitrogen and oxygen atoms in total. The van der Waals surface area contributed by atoms with Crippen molar-refractivity contribution in [3.8, 4) is 0 Å². The van der Waals surface area contributed by atoms with E-state index in [1.165, 1.54) is 16.2 Å². The number of benzene rings is 1. The lowest BCUT2D eigenvalue weighted by Gasteiger charge is -2.42. The van der Waals surface area contributed by atoms with Gasteiger partial charge >= 0.3 is 12.0 Å². The average molecular weight is 551 g/mol. The van der Waals surface area contributed by atoms with Gasteiger partial charge in [-0.25, -0.2) is 9.59 Å². The number of piperazine rings is 1. The zero-order chi connectivity index (χ0) is 26.0. The first-order valence-electron chi connectivity index (χ1n) is 11.7. The molecule has 4 rings (SSSR count). The van der Waals surface area contributed by atoms with Crippen molar-refractivity contribution in [2.24, 2.45) is 0 Å². The minimum absolute atomic E-state index is 0.0217. The predicted octanol–water partition coefficient (Wildman–Crippen LogP) is 4.41. The quantitative estimate of drug-likeness (QED) is 0.538. The maximum Gasteiger partial charge on any atom is 0.338 e. The second-order valence-electron chi connectivity index (χ2n) is 8.73. The molecule has 2 aliphatic heterocycles. The Hall–Kier alpha value is -2.59. The molecule has 0 aliphatic carbocycles. The van der Waals surface area contributed by atoms with Crippen LogP contribution in [0.25, 0.3) is 0 Å². The van der Waals surface area contributed by atoms with Crippen molar-refractivity contribution in [1.29, 1.82) is 0 Å². The van der Waals surface area contributed by atoms with Crippen LogP contribution in [0.4, 0.5) is 4.79 Å². The normalized spacial score (nSPS) is 21.0. The Labute approximate surface area is 224 Å². The average Bonchev–Trinajstić information content (AvgIpc) is 3.38. The van der Waals surface area contributed by atoms with Crippen LogP contribution in [0.3, 0.4) is 0 Å². The third kappa shape index (κ3) is 5.25. The number of halogens is 2. The Morgan fingerprint density at radius 2 is 1.97 bits per heavy atom. The minimum Gasteiger partial charge on any atom is -0.463 e. The maximum atomic E-state index is 13.2. The van der Waals surface area contributed by atoms with Crippen molar-refractivity contribution in [1.82, 2.24) is 20.0 Å². The second kappa shape index (κ2) is 11.2. The lowest BCUT2D eigenvalue weighted by atomic mass is 9.94. The number of likely N-dealkylation sites (N-methyl/N-ethyl adjacent to an activating group) is 1. The predicted molar refractivity (Wildman–Crippen MR) is 140 cm³/mol. The summed E-state index contributed by atoms with van der Waals surface area (Å²) in [5.74, 6) is -0.506. The fraction of sp³-hybridized carbons (Fsp3) is 0.400. The molecule has 3 amide bonds. The lowest BCUT2D eigenvalue weighted by Crippen LogP contribution is -2.56. The highest BCUT2D eigenvalue weighted by molar-refractivity contribution is 7.12. The number of nitrogens with zero attached hydrogens (tertiary/aromatic N) is 3. The molecule has 2 aliphatic rings. The largest absolute Gasteiger partial charge is 0.463 e. The zero-order valence-corrected chi connectivity index (χ0v) is 22.6. The monoisotopic (exact) mass is 550 g/mol. The Morgan fingerprint density at radius 1 is 1.19 bits per heavy atom. The molecular weight excluding hydrogens is 523 g/mol. The number of hydrogen-bond acceptors (Lipinski definition) is 6. The van der Waals surface area contributed by atoms with E-state index in [9.17, 15) is 14.4 Å². The Morgan fingerprint density at radius 3 is 2.64 bits per heavy atom. The molecule has 1 fully saturated rings. The molecule has 2 aromatic rings. The van der Waals surface area contributed by atoms with Gasteiger partial charge in [-0.2, -0.15) is 0 Å². The summed E-state index contributed by atoms with van der Waals surface area (Å²) in [4.78, 5) is 45.3. The van der Waals surface area contributed by atoms with Gasteiger partial charge in [0.05, 0.1) is 33.1 Å². The first kappa shape index (κ1) is 26.5. The molecule has 192 valence electrons. The third-order valence-electron chi connectivity index (χ3n) is 6.44. The molecule has 11 heteroatoms. The van der Waals surface area contributed by atoms with Crippen LogP contribution in [0, 0.1) is 0 Å². The fourth-order valence-electron chi connectivity index (χ4n) is 4.61. The molecule has 0 bridgehead atoms. The van der Waals surface area contributed by atoms with Gasteiger partial charge in [0.1, 0.15) is 0 Å². The van der Waals surface area contributed by atoms with Gasteiger partial charge in [-0.3, -0.25) is 14.6 Å². The number of amides is 3. The summed E-state index contributed by atoms with van der Waals surface area (Å²) in [6.07, 6.45) is 0. The maximum absolute atomic E-state index is 13.2. The van der Waals surface area contributed by atoms with Crippen LogP contribution < -0.4 is 5.32 Å². The summed E-state index contributed by atoms with van der Waals surface area (Å²) in [5, 5.41) is 5.36. The summed E-state index contributed by atoms with van der Waals surface area (Å²) < 4.78 is 5.40. The number of carbonyl (C=O) groups is 3. The van der Waals surface area contributed by atoms with Crippen molar-refractivity contribution in [2.75, 3.05) is 39.8 Å². The van der Waals surface area contributed by atoms with Gasteiger partial charge < -0.3 is 15.0 Å². The molecule has 2 unspecified atom stereocenters. The van der Waals surface area contributed by atoms with Gasteiger partial charge in [-0.05, 0) is 36.9 Å². The number of urea groups is 1. The van der Waals surface area contributed by atoms with Crippen molar-refractivity contribution in [2.45, 2.75) is 25.9 Å². The lowest BCUT2D eigenvalue weighted by molar-refractivity contribution is -0.139. The van der Waals surface area contributed by atoms with Crippen LogP contribution in [0.5, 0.6) is 0 Å². The van der Waals surface area contributed by atoms with E-state index in [1.54, 1.807) is 32.2 Å². The Bertz CT molecular complexity index is 1190. The molecular formula is C25H28Cl2N4O4S. The van der Waals surface area contributed by atoms with E-state index in [0.717, 1.165) is 0 Å². The van der Waals surface area contributed by atoms with E-state index in [4.69, 9.17) is 27.9 Å². The van der Waals surface area contributed by atoms with E-state index in [1.807, 2.05) is 29.3 Å². The van der Waals surface area contributed by atoms with E-state index in [-0.39, 0.29) is 29.6 Å². The molecule has 1 aromatic carbocycles. The van der Waals surface area contributed by atoms with Crippen LogP contribution in [0.15, 0.2) is 47.0 Å². The van der Waals surface area contributed by atoms with Crippen molar-refractivity contribution < 1.29 is 19.1 Å². The standard InChI is InChI=1S/C25H28Cl2N4O4S/c1-4-35-24(33)20-18(29(3)25(34)28-22(20)16-7-5-8-17(26)21(16)27)14-30-10-11-31(15(2)13-30)23(32)19-9-6-12-36-19/h5-9,12,15,22H,4,10-11,13-14H2,1-3H3,(H,28,34). The second-order valence-corrected chi connectivity index (χ2v) is 10.5. The fourth-order valence-corrected chi connectivity index (χ4v) is 5.70. The van der Waals surface area contributed by atoms with Crippen molar-refractivity contribution in [3.05, 3.63) is 67.5 Å². The van der Waals surface area contributed by atoms with Crippen LogP contribution in [0.2, 0.25) is 10.0 Å². The molecule has 36 heavy (non-hydrogen) atoms. The molecule has 0 spiro atoms. The van der Waals surface area contributed by atoms with E-state index < -0.39 is 12.0 Å². The molecule has 1 aromatic heterocycles. The zero-order valence-electron chi connectivity index (χ0n) is 20.3. The molecule has 0 saturated carbocycles. The first-order valence-corrected chi connectivity index (χ1v) is 13.3. The Balaban J connectivity index is 1.65. The van der Waals surface area contributed by atoms with Gasteiger partial charge in [0.15, 0.2) is 0 Å². The van der Waals surface area contributed by atoms with Gasteiger partial charge in [0.2, 0.25) is 0 Å². The number of carbonyl (C=O) groups excluding carboxylic acids is 3. The number of nitrogens with one attached hydrogen (secondary N) is 1.